The van der Waals surface area contributed by atoms with Crippen LogP contribution in [0.25, 0.3) is 0 Å². The zero-order chi connectivity index (χ0) is 15.5. The van der Waals surface area contributed by atoms with E-state index in [1.807, 2.05) is 6.92 Å². The smallest absolute Gasteiger partial charge is 0.178 e. The first-order valence-electron chi connectivity index (χ1n) is 7.12. The van der Waals surface area contributed by atoms with Crippen LogP contribution in [0.4, 0.5) is 5.69 Å². The first kappa shape index (κ1) is 16.3. The molecule has 21 heavy (non-hydrogen) atoms. The Morgan fingerprint density at radius 1 is 1.24 bits per heavy atom. The van der Waals surface area contributed by atoms with E-state index < -0.39 is 19.7 Å². The Bertz CT molecular complexity index is 678. The molecule has 0 aliphatic carbocycles. The Labute approximate surface area is 126 Å². The van der Waals surface area contributed by atoms with E-state index >= 15 is 0 Å². The van der Waals surface area contributed by atoms with Gasteiger partial charge in [0.2, 0.25) is 0 Å². The lowest BCUT2D eigenvalue weighted by Crippen LogP contribution is -2.34. The van der Waals surface area contributed by atoms with Gasteiger partial charge in [0.15, 0.2) is 19.7 Å². The van der Waals surface area contributed by atoms with Crippen LogP contribution in [-0.2, 0) is 19.7 Å². The summed E-state index contributed by atoms with van der Waals surface area (Å²) in [4.78, 5) is 0.311. The first-order valence-corrected chi connectivity index (χ1v) is 10.6. The van der Waals surface area contributed by atoms with E-state index in [1.54, 1.807) is 24.3 Å². The Morgan fingerprint density at radius 3 is 2.48 bits per heavy atom. The summed E-state index contributed by atoms with van der Waals surface area (Å²) in [6.45, 7) is 1.83. The molecule has 7 heteroatoms. The van der Waals surface area contributed by atoms with E-state index in [9.17, 15) is 16.8 Å². The SMILES string of the molecule is CCCS(=O)(=O)c1ccc(NC2CCCS(=O)(=O)C2)cc1. The lowest BCUT2D eigenvalue weighted by molar-refractivity contribution is 0.562. The normalized spacial score (nSPS) is 21.9. The van der Waals surface area contributed by atoms with Crippen molar-refractivity contribution in [1.82, 2.24) is 0 Å². The summed E-state index contributed by atoms with van der Waals surface area (Å²) in [6, 6.07) is 6.45. The molecule has 5 nitrogen and oxygen atoms in total. The summed E-state index contributed by atoms with van der Waals surface area (Å²) in [7, 11) is -6.15. The van der Waals surface area contributed by atoms with Crippen molar-refractivity contribution in [1.29, 1.82) is 0 Å². The second-order valence-corrected chi connectivity index (χ2v) is 9.78. The van der Waals surface area contributed by atoms with Gasteiger partial charge < -0.3 is 5.32 Å². The lowest BCUT2D eigenvalue weighted by Gasteiger charge is -2.24. The lowest BCUT2D eigenvalue weighted by atomic mass is 10.2. The Balaban J connectivity index is 2.06. The second kappa shape index (κ2) is 6.36. The van der Waals surface area contributed by atoms with Gasteiger partial charge in [-0.25, -0.2) is 16.8 Å². The highest BCUT2D eigenvalue weighted by molar-refractivity contribution is 7.91. The number of sulfone groups is 2. The molecular weight excluding hydrogens is 310 g/mol. The van der Waals surface area contributed by atoms with Crippen LogP contribution >= 0.6 is 0 Å². The van der Waals surface area contributed by atoms with Gasteiger partial charge in [0, 0.05) is 11.7 Å². The zero-order valence-corrected chi connectivity index (χ0v) is 13.7. The average Bonchev–Trinajstić information content (AvgIpc) is 2.38. The Hall–Kier alpha value is -1.08. The van der Waals surface area contributed by atoms with Crippen LogP contribution in [0.2, 0.25) is 0 Å². The number of hydrogen-bond acceptors (Lipinski definition) is 5. The van der Waals surface area contributed by atoms with E-state index in [-0.39, 0.29) is 23.3 Å². The summed E-state index contributed by atoms with van der Waals surface area (Å²) in [5, 5.41) is 3.17. The molecule has 0 radical (unpaired) electrons. The summed E-state index contributed by atoms with van der Waals surface area (Å²) in [5.74, 6) is 0.545. The predicted octanol–water partition coefficient (Wildman–Crippen LogP) is 1.86. The van der Waals surface area contributed by atoms with Crippen molar-refractivity contribution in [3.8, 4) is 0 Å². The van der Waals surface area contributed by atoms with Crippen molar-refractivity contribution in [3.63, 3.8) is 0 Å². The topological polar surface area (TPSA) is 80.3 Å². The van der Waals surface area contributed by atoms with E-state index in [0.29, 0.717) is 17.7 Å². The Morgan fingerprint density at radius 2 is 1.90 bits per heavy atom. The Kier molecular flexibility index (Phi) is 4.93. The number of anilines is 1. The highest BCUT2D eigenvalue weighted by Crippen LogP contribution is 2.20. The molecule has 1 saturated heterocycles. The molecule has 1 aliphatic heterocycles. The molecule has 118 valence electrons. The minimum Gasteiger partial charge on any atom is -0.381 e. The third-order valence-corrected chi connectivity index (χ3v) is 7.28. The molecule has 0 aromatic heterocycles. The summed E-state index contributed by atoms with van der Waals surface area (Å²) < 4.78 is 47.0. The molecule has 1 atom stereocenters. The standard InChI is InChI=1S/C14H21NO4S2/c1-2-9-21(18,19)14-7-5-12(6-8-14)15-13-4-3-10-20(16,17)11-13/h5-8,13,15H,2-4,9-11H2,1H3. The van der Waals surface area contributed by atoms with Crippen LogP contribution < -0.4 is 5.32 Å². The fourth-order valence-corrected chi connectivity index (χ4v) is 5.48. The summed E-state index contributed by atoms with van der Waals surface area (Å²) in [6.07, 6.45) is 2.07. The molecule has 1 aliphatic rings. The molecule has 0 saturated carbocycles. The largest absolute Gasteiger partial charge is 0.381 e. The molecule has 0 spiro atoms. The van der Waals surface area contributed by atoms with Crippen LogP contribution in [-0.4, -0.2) is 40.1 Å². The van der Waals surface area contributed by atoms with Gasteiger partial charge in [-0.3, -0.25) is 0 Å². The maximum Gasteiger partial charge on any atom is 0.178 e. The third kappa shape index (κ3) is 4.44. The van der Waals surface area contributed by atoms with Crippen molar-refractivity contribution < 1.29 is 16.8 Å². The van der Waals surface area contributed by atoms with Gasteiger partial charge >= 0.3 is 0 Å². The minimum absolute atomic E-state index is 0.0955. The summed E-state index contributed by atoms with van der Waals surface area (Å²) >= 11 is 0. The molecule has 1 fully saturated rings. The molecule has 1 unspecified atom stereocenters. The minimum atomic E-state index is -3.20. The highest BCUT2D eigenvalue weighted by Gasteiger charge is 2.24. The average molecular weight is 331 g/mol. The van der Waals surface area contributed by atoms with Crippen molar-refractivity contribution in [2.24, 2.45) is 0 Å². The van der Waals surface area contributed by atoms with Crippen molar-refractivity contribution in [2.75, 3.05) is 22.6 Å². The molecule has 1 aromatic rings. The van der Waals surface area contributed by atoms with Crippen LogP contribution in [0, 0.1) is 0 Å². The zero-order valence-electron chi connectivity index (χ0n) is 12.1. The fraction of sp³-hybridized carbons (Fsp3) is 0.571. The van der Waals surface area contributed by atoms with Gasteiger partial charge in [-0.2, -0.15) is 0 Å². The van der Waals surface area contributed by atoms with Gasteiger partial charge in [-0.05, 0) is 43.5 Å². The van der Waals surface area contributed by atoms with Crippen molar-refractivity contribution >= 4 is 25.4 Å². The van der Waals surface area contributed by atoms with Gasteiger partial charge in [0.1, 0.15) is 0 Å². The van der Waals surface area contributed by atoms with Crippen LogP contribution in [0.3, 0.4) is 0 Å². The van der Waals surface area contributed by atoms with E-state index in [1.165, 1.54) is 0 Å². The number of benzene rings is 1. The highest BCUT2D eigenvalue weighted by atomic mass is 32.2. The molecule has 2 rings (SSSR count). The van der Waals surface area contributed by atoms with E-state index in [4.69, 9.17) is 0 Å². The molecule has 0 bridgehead atoms. The van der Waals surface area contributed by atoms with Crippen LogP contribution in [0.5, 0.6) is 0 Å². The van der Waals surface area contributed by atoms with E-state index in [0.717, 1.165) is 12.1 Å². The second-order valence-electron chi connectivity index (χ2n) is 5.44. The van der Waals surface area contributed by atoms with Crippen molar-refractivity contribution in [3.05, 3.63) is 24.3 Å². The third-order valence-electron chi connectivity index (χ3n) is 3.52. The summed E-state index contributed by atoms with van der Waals surface area (Å²) in [5.41, 5.74) is 0.757. The molecule has 1 heterocycles. The van der Waals surface area contributed by atoms with Crippen LogP contribution in [0.15, 0.2) is 29.2 Å². The number of hydrogen-bond donors (Lipinski definition) is 1. The predicted molar refractivity (Wildman–Crippen MR) is 84.1 cm³/mol. The number of rotatable bonds is 5. The van der Waals surface area contributed by atoms with Gasteiger partial charge in [0.25, 0.3) is 0 Å². The molecular formula is C14H21NO4S2. The van der Waals surface area contributed by atoms with Crippen molar-refractivity contribution in [2.45, 2.75) is 37.1 Å². The monoisotopic (exact) mass is 331 g/mol. The molecule has 0 amide bonds. The quantitative estimate of drug-likeness (QED) is 0.891. The molecule has 1 N–H and O–H groups in total. The van der Waals surface area contributed by atoms with Crippen LogP contribution in [0.1, 0.15) is 26.2 Å². The maximum absolute atomic E-state index is 11.9. The van der Waals surface area contributed by atoms with Gasteiger partial charge in [-0.1, -0.05) is 6.92 Å². The number of nitrogens with one attached hydrogen (secondary N) is 1. The van der Waals surface area contributed by atoms with Gasteiger partial charge in [-0.15, -0.1) is 0 Å². The maximum atomic E-state index is 11.9. The van der Waals surface area contributed by atoms with Gasteiger partial charge in [0.05, 0.1) is 22.2 Å². The van der Waals surface area contributed by atoms with E-state index in [2.05, 4.69) is 5.32 Å². The molecule has 1 aromatic carbocycles. The first-order chi connectivity index (χ1) is 9.82. The fourth-order valence-electron chi connectivity index (χ4n) is 2.52.